The van der Waals surface area contributed by atoms with Crippen molar-refractivity contribution in [1.82, 2.24) is 108 Å². The Morgan fingerprint density at radius 2 is 0.708 bits per heavy atom. The summed E-state index contributed by atoms with van der Waals surface area (Å²) in [6.45, 7) is 9.73. The number of rotatable bonds is 22. The van der Waals surface area contributed by atoms with Crippen molar-refractivity contribution in [2.75, 3.05) is 39.4 Å². The number of fused-ring (bicyclic) bond motifs is 9. The van der Waals surface area contributed by atoms with E-state index in [0.717, 1.165) is 126 Å². The van der Waals surface area contributed by atoms with Gasteiger partial charge in [0.15, 0.2) is 22.9 Å². The minimum atomic E-state index is -0.602. The maximum absolute atomic E-state index is 14.0. The molecule has 5 aromatic carbocycles. The van der Waals surface area contributed by atoms with Crippen LogP contribution in [0, 0.1) is 17.1 Å². The van der Waals surface area contributed by atoms with Crippen LogP contribution in [-0.2, 0) is 0 Å². The summed E-state index contributed by atoms with van der Waals surface area (Å²) < 4.78 is 23.1. The topological polar surface area (TPSA) is 510 Å². The van der Waals surface area contributed by atoms with Gasteiger partial charge in [-0.1, -0.05) is 130 Å². The number of aromatic amines is 4. The minimum Gasteiger partial charge on any atom is -0.368 e. The van der Waals surface area contributed by atoms with E-state index in [1.54, 1.807) is 54.2 Å². The van der Waals surface area contributed by atoms with Gasteiger partial charge in [-0.05, 0) is 186 Å². The van der Waals surface area contributed by atoms with Crippen molar-refractivity contribution in [1.29, 1.82) is 5.26 Å². The van der Waals surface area contributed by atoms with Crippen LogP contribution in [-0.4, -0.2) is 122 Å². The number of hydrogen-bond donors (Lipinski definition) is 12. The number of halogens is 7. The zero-order valence-electron chi connectivity index (χ0n) is 77.6. The second-order valence-corrected chi connectivity index (χ2v) is 38.4. The molecule has 0 bridgehead atoms. The first kappa shape index (κ1) is 96.0. The number of H-pyrrole nitrogens is 4. The molecule has 5 aliphatic carbocycles. The van der Waals surface area contributed by atoms with Crippen molar-refractivity contribution in [3.05, 3.63) is 298 Å². The molecule has 14 heterocycles. The number of hydrogen-bond acceptors (Lipinski definition) is 26. The number of aromatic nitrogens is 21. The summed E-state index contributed by atoms with van der Waals surface area (Å²) in [7, 11) is 1.58. The second-order valence-electron chi connectivity index (χ2n) is 36.0. The molecule has 14 N–H and O–H groups in total. The number of pyridine rings is 5. The van der Waals surface area contributed by atoms with Crippen molar-refractivity contribution in [3.8, 4) is 6.07 Å². The van der Waals surface area contributed by atoms with Crippen LogP contribution < -0.4 is 71.2 Å². The van der Waals surface area contributed by atoms with Crippen molar-refractivity contribution < 1.29 is 14.0 Å². The highest BCUT2D eigenvalue weighted by molar-refractivity contribution is 6.38. The van der Waals surface area contributed by atoms with E-state index in [4.69, 9.17) is 81.1 Å². The maximum atomic E-state index is 14.0. The van der Waals surface area contributed by atoms with Crippen molar-refractivity contribution in [3.63, 3.8) is 0 Å². The van der Waals surface area contributed by atoms with Gasteiger partial charge < -0.3 is 76.2 Å². The standard InChI is InChI=1S/C22H21ClN6O2.C21H19ClN6O2.C20H16ClN7O.C19H16Cl2N6O.C18H17ClFN5O/c1-11(28-20-18-14(21(30)24-2)9-25-19(18)26-10-27-20)16-8-12-4-3-5-15(23)17(12)22(31)29(16)13-6-7-13;1-10(27-20-17-13(18(23)29)8-24-19(17)25-9-26-20)15-7-11-3-2-4-14(22)16(11)21(30)28(15)12-5-6-12;1-10(25-18-17-14(8-22)26-27-19(17)24-9-23-18)15-7-11-3-2-4-13(21)16(11)20(29)28(15)12-5-6-12;1-9(24-17-15-16(21)25-26-18(15)23-8-22-17)13-7-10-3-2-4-12(20)14(10)19(28)27(13)11-5-6-11;1-9(23-16-13(20)8-22-18(21)24-16)14-7-10-3-2-4-12(19)15(10)17(26)25(14)11-5-6-11/h3-5,8-11,13H,6-7H2,1-2H3,(H,24,30)(H2,25,26,27,28);2-4,7-10,12H,5-6H2,1H3,(H2,23,29)(H2,24,25,26,27);2-4,7,9-10,12H,5-6H2,1H3,(H2,23,24,25,26,27);2-4,7-9,11H,5-6H2,1H3,(H2,22,23,24,25,26);2-4,7-9,11H,5-6H2,1H3,(H3,21,22,23,24)/t11-;2*10-;2*9-/m00000/s1. The van der Waals surface area contributed by atoms with E-state index in [-0.39, 0.29) is 106 Å². The first-order chi connectivity index (χ1) is 69.5. The van der Waals surface area contributed by atoms with Crippen LogP contribution in [0.1, 0.15) is 214 Å². The summed E-state index contributed by atoms with van der Waals surface area (Å²) in [5.41, 5.74) is 17.8. The fraction of sp³-hybridized carbons (Fsp3) is 0.260. The van der Waals surface area contributed by atoms with Gasteiger partial charge in [-0.15, -0.1) is 0 Å². The number of carbonyl (C=O) groups excluding carboxylic acids is 2. The third-order valence-corrected chi connectivity index (χ3v) is 27.9. The number of carbonyl (C=O) groups is 2. The van der Waals surface area contributed by atoms with Gasteiger partial charge in [0.1, 0.15) is 82.2 Å². The third-order valence-electron chi connectivity index (χ3n) is 26.1. The molecular weight excluding hydrogens is 1970 g/mol. The second kappa shape index (κ2) is 39.4. The summed E-state index contributed by atoms with van der Waals surface area (Å²) in [5.74, 6) is 0.647. The predicted molar refractivity (Wildman–Crippen MR) is 557 cm³/mol. The van der Waals surface area contributed by atoms with Gasteiger partial charge in [0.25, 0.3) is 39.6 Å². The quantitative estimate of drug-likeness (QED) is 0.0300. The predicted octanol–water partition coefficient (Wildman–Crippen LogP) is 19.2. The Labute approximate surface area is 845 Å². The van der Waals surface area contributed by atoms with Gasteiger partial charge in [0.2, 0.25) is 5.95 Å². The molecule has 14 aromatic heterocycles. The molecule has 24 rings (SSSR count). The Bertz CT molecular complexity index is 8800. The van der Waals surface area contributed by atoms with Crippen LogP contribution in [0.2, 0.25) is 30.3 Å². The summed E-state index contributed by atoms with van der Waals surface area (Å²) in [6, 6.07) is 38.8. The van der Waals surface area contributed by atoms with Crippen LogP contribution >= 0.6 is 69.6 Å². The number of anilines is 6. The molecule has 0 radical (unpaired) electrons. The molecule has 44 heteroatoms. The molecule has 5 saturated carbocycles. The third kappa shape index (κ3) is 18.7. The van der Waals surface area contributed by atoms with E-state index in [0.29, 0.717) is 141 Å². The smallest absolute Gasteiger partial charge is 0.260 e. The van der Waals surface area contributed by atoms with E-state index in [2.05, 4.69) is 118 Å². The van der Waals surface area contributed by atoms with Crippen molar-refractivity contribution >= 4 is 214 Å². The molecule has 0 unspecified atom stereocenters. The molecule has 5 atom stereocenters. The Morgan fingerprint density at radius 1 is 0.410 bits per heavy atom. The maximum Gasteiger partial charge on any atom is 0.260 e. The van der Waals surface area contributed by atoms with Gasteiger partial charge in [-0.25, -0.2) is 49.2 Å². The average molecular weight is 2050 g/mol. The molecular formula is C100H89Cl6FN30O7. The highest BCUT2D eigenvalue weighted by atomic mass is 35.5. The molecule has 19 aromatic rings. The van der Waals surface area contributed by atoms with Crippen molar-refractivity contribution in [2.45, 2.75) is 159 Å². The number of nitrogen functional groups attached to an aromatic ring is 1. The molecule has 144 heavy (non-hydrogen) atoms. The number of benzene rings is 5. The van der Waals surface area contributed by atoms with Crippen LogP contribution in [0.15, 0.2) is 189 Å². The van der Waals surface area contributed by atoms with Gasteiger partial charge in [-0.2, -0.15) is 20.4 Å². The van der Waals surface area contributed by atoms with E-state index >= 15 is 0 Å². The Balaban J connectivity index is 0.000000110. The number of nitriles is 1. The van der Waals surface area contributed by atoms with E-state index in [1.165, 1.54) is 31.5 Å². The van der Waals surface area contributed by atoms with Gasteiger partial charge in [0, 0.05) is 78.1 Å². The summed E-state index contributed by atoms with van der Waals surface area (Å²) >= 11 is 37.8. The highest BCUT2D eigenvalue weighted by Gasteiger charge is 2.37. The Kier molecular flexibility index (Phi) is 26.3. The summed E-state index contributed by atoms with van der Waals surface area (Å²) in [6.07, 6.45) is 19.5. The zero-order chi connectivity index (χ0) is 101. The number of nitrogens with two attached hydrogens (primary N) is 2. The molecule has 5 aliphatic rings. The Hall–Kier alpha value is -15.5. The molecule has 0 aliphatic heterocycles. The SMILES string of the molecule is CNC(=O)c1c[nH]c2ncnc(N[C@@H](C)c3cc4cccc(Cl)c4c(=O)n3C3CC3)c12.C[C@H](Nc1nc(N)ncc1F)c1cc2cccc(Cl)c2c(=O)n1C1CC1.C[C@H](Nc1ncnc2[nH]cc(C(N)=O)c12)c1cc2cccc(Cl)c2c(=O)n1C1CC1.C[C@H](Nc1ncnc2n[nH]c(C#N)c12)c1cc2cccc(Cl)c2c(=O)n1C1CC1.C[C@H](Nc1ncnc2n[nH]c(Cl)c12)c1cc2cccc(Cl)c2c(=O)n1C1CC1. The molecule has 5 fully saturated rings. The van der Waals surface area contributed by atoms with Crippen molar-refractivity contribution in [2.24, 2.45) is 5.73 Å². The van der Waals surface area contributed by atoms with Gasteiger partial charge >= 0.3 is 0 Å². The minimum absolute atomic E-state index is 0.00554. The molecule has 730 valence electrons. The highest BCUT2D eigenvalue weighted by Crippen LogP contribution is 2.45. The number of primary amides is 1. The zero-order valence-corrected chi connectivity index (χ0v) is 82.2. The fourth-order valence-electron chi connectivity index (χ4n) is 18.5. The normalized spacial score (nSPS) is 14.9. The lowest BCUT2D eigenvalue weighted by Crippen LogP contribution is -2.26. The molecule has 0 spiro atoms. The summed E-state index contributed by atoms with van der Waals surface area (Å²) in [5, 5.41) is 53.5. The first-order valence-corrected chi connectivity index (χ1v) is 48.7. The Morgan fingerprint density at radius 3 is 1.03 bits per heavy atom. The average Bonchev–Trinajstić information content (AvgIpc) is 1.61. The molecule has 2 amide bonds. The largest absolute Gasteiger partial charge is 0.368 e. The molecule has 37 nitrogen and oxygen atoms in total. The lowest BCUT2D eigenvalue weighted by atomic mass is 10.1. The molecule has 0 saturated heterocycles. The summed E-state index contributed by atoms with van der Waals surface area (Å²) in [4.78, 5) is 138. The number of nitrogens with one attached hydrogen (secondary N) is 10. The number of amides is 2. The van der Waals surface area contributed by atoms with Crippen LogP contribution in [0.5, 0.6) is 0 Å². The van der Waals surface area contributed by atoms with Crippen LogP contribution in [0.3, 0.4) is 0 Å². The van der Waals surface area contributed by atoms with E-state index in [9.17, 15) is 43.2 Å². The monoisotopic (exact) mass is 2050 g/mol. The first-order valence-electron chi connectivity index (χ1n) is 46.4. The van der Waals surface area contributed by atoms with Crippen LogP contribution in [0.25, 0.3) is 98.0 Å². The van der Waals surface area contributed by atoms with Crippen LogP contribution in [0.4, 0.5) is 39.4 Å². The number of nitrogens with zero attached hydrogens (tertiary/aromatic N) is 18. The lowest BCUT2D eigenvalue weighted by Gasteiger charge is -2.21. The van der Waals surface area contributed by atoms with E-state index < -0.39 is 11.7 Å². The fourth-order valence-corrected chi connectivity index (χ4v) is 20.0. The van der Waals surface area contributed by atoms with Gasteiger partial charge in [-0.3, -0.25) is 43.8 Å². The lowest BCUT2D eigenvalue weighted by molar-refractivity contribution is 0.0963. The van der Waals surface area contributed by atoms with E-state index in [1.807, 2.05) is 138 Å². The van der Waals surface area contributed by atoms with Gasteiger partial charge in [0.05, 0.1) is 116 Å².